The lowest BCUT2D eigenvalue weighted by Crippen LogP contribution is -2.27. The molecule has 1 aromatic rings. The molecule has 0 aromatic carbocycles. The molecule has 0 saturated carbocycles. The van der Waals surface area contributed by atoms with E-state index in [1.165, 1.54) is 0 Å². The third-order valence-electron chi connectivity index (χ3n) is 2.07. The Kier molecular flexibility index (Phi) is 4.83. The van der Waals surface area contributed by atoms with Gasteiger partial charge in [-0.05, 0) is 13.3 Å². The number of carbonyl (C=O) groups is 1. The van der Waals surface area contributed by atoms with Crippen LogP contribution in [0.3, 0.4) is 0 Å². The number of imidazole rings is 1. The first-order valence-electron chi connectivity index (χ1n) is 5.19. The number of carbonyl (C=O) groups excluding carboxylic acids is 1. The van der Waals surface area contributed by atoms with Gasteiger partial charge in [0.15, 0.2) is 0 Å². The van der Waals surface area contributed by atoms with Gasteiger partial charge in [-0.3, -0.25) is 4.79 Å². The monoisotopic (exact) mass is 210 g/mol. The number of nitrogens with zero attached hydrogens (tertiary/aromatic N) is 1. The fraction of sp³-hybridized carbons (Fsp3) is 0.600. The van der Waals surface area contributed by atoms with Gasteiger partial charge in [0.1, 0.15) is 5.82 Å². The molecule has 1 amide bonds. The van der Waals surface area contributed by atoms with E-state index in [1.807, 2.05) is 6.92 Å². The van der Waals surface area contributed by atoms with E-state index in [4.69, 9.17) is 5.73 Å². The second-order valence-corrected chi connectivity index (χ2v) is 3.65. The zero-order valence-electron chi connectivity index (χ0n) is 8.99. The lowest BCUT2D eigenvalue weighted by atomic mass is 10.2. The number of nitrogens with two attached hydrogens (primary N) is 1. The van der Waals surface area contributed by atoms with Gasteiger partial charge in [-0.2, -0.15) is 0 Å². The fourth-order valence-corrected chi connectivity index (χ4v) is 1.20. The Morgan fingerprint density at radius 1 is 1.73 bits per heavy atom. The van der Waals surface area contributed by atoms with Gasteiger partial charge in [0.2, 0.25) is 5.91 Å². The molecule has 0 spiro atoms. The van der Waals surface area contributed by atoms with Crippen LogP contribution in [-0.2, 0) is 11.2 Å². The number of hydrogen-bond donors (Lipinski definition) is 3. The molecule has 0 fully saturated rings. The highest BCUT2D eigenvalue weighted by molar-refractivity contribution is 5.75. The van der Waals surface area contributed by atoms with Gasteiger partial charge in [-0.25, -0.2) is 4.98 Å². The lowest BCUT2D eigenvalue weighted by Gasteiger charge is -2.05. The minimum atomic E-state index is 0.0545. The Bertz CT molecular complexity index is 282. The molecule has 5 nitrogen and oxygen atoms in total. The van der Waals surface area contributed by atoms with Crippen molar-refractivity contribution >= 4 is 5.91 Å². The predicted octanol–water partition coefficient (Wildman–Crippen LogP) is 0.196. The summed E-state index contributed by atoms with van der Waals surface area (Å²) < 4.78 is 0. The van der Waals surface area contributed by atoms with Gasteiger partial charge >= 0.3 is 0 Å². The second-order valence-electron chi connectivity index (χ2n) is 3.65. The number of amides is 1. The Labute approximate surface area is 89.5 Å². The van der Waals surface area contributed by atoms with Crippen LogP contribution in [0.1, 0.15) is 25.6 Å². The molecular formula is C10H18N4O. The van der Waals surface area contributed by atoms with E-state index >= 15 is 0 Å². The fourth-order valence-electron chi connectivity index (χ4n) is 1.20. The van der Waals surface area contributed by atoms with Crippen molar-refractivity contribution in [1.29, 1.82) is 0 Å². The van der Waals surface area contributed by atoms with E-state index < -0.39 is 0 Å². The maximum Gasteiger partial charge on any atom is 0.220 e. The molecule has 1 heterocycles. The normalized spacial score (nSPS) is 12.4. The molecule has 0 radical (unpaired) electrons. The summed E-state index contributed by atoms with van der Waals surface area (Å²) in [6.07, 6.45) is 5.43. The van der Waals surface area contributed by atoms with E-state index in [0.29, 0.717) is 13.0 Å². The largest absolute Gasteiger partial charge is 0.356 e. The Morgan fingerprint density at radius 2 is 2.53 bits per heavy atom. The first-order chi connectivity index (χ1) is 7.18. The Balaban J connectivity index is 2.07. The maximum absolute atomic E-state index is 11.3. The number of H-pyrrole nitrogens is 1. The summed E-state index contributed by atoms with van der Waals surface area (Å²) in [6, 6.07) is 0.0841. The molecule has 1 rings (SSSR count). The number of nitrogens with one attached hydrogen (secondary N) is 2. The summed E-state index contributed by atoms with van der Waals surface area (Å²) in [6.45, 7) is 2.52. The van der Waals surface area contributed by atoms with Gasteiger partial charge in [-0.15, -0.1) is 0 Å². The van der Waals surface area contributed by atoms with E-state index in [0.717, 1.165) is 18.7 Å². The van der Waals surface area contributed by atoms with Crippen LogP contribution in [0.15, 0.2) is 12.4 Å². The van der Waals surface area contributed by atoms with Crippen molar-refractivity contribution in [2.75, 3.05) is 6.54 Å². The third kappa shape index (κ3) is 5.17. The molecule has 0 aliphatic rings. The van der Waals surface area contributed by atoms with Gasteiger partial charge in [0, 0.05) is 37.8 Å². The summed E-state index contributed by atoms with van der Waals surface area (Å²) in [5.74, 6) is 0.946. The van der Waals surface area contributed by atoms with Crippen LogP contribution < -0.4 is 11.1 Å². The predicted molar refractivity (Wildman–Crippen MR) is 58.2 cm³/mol. The average molecular weight is 210 g/mol. The zero-order chi connectivity index (χ0) is 11.1. The van der Waals surface area contributed by atoms with Gasteiger partial charge in [-0.1, -0.05) is 0 Å². The van der Waals surface area contributed by atoms with Crippen molar-refractivity contribution in [2.45, 2.75) is 32.2 Å². The molecule has 0 aliphatic heterocycles. The molecule has 5 heteroatoms. The first-order valence-corrected chi connectivity index (χ1v) is 5.19. The van der Waals surface area contributed by atoms with Crippen LogP contribution in [0.25, 0.3) is 0 Å². The van der Waals surface area contributed by atoms with Gasteiger partial charge in [0.05, 0.1) is 0 Å². The molecule has 0 bridgehead atoms. The van der Waals surface area contributed by atoms with Crippen molar-refractivity contribution in [3.05, 3.63) is 18.2 Å². The summed E-state index contributed by atoms with van der Waals surface area (Å²) in [4.78, 5) is 18.3. The number of rotatable bonds is 6. The third-order valence-corrected chi connectivity index (χ3v) is 2.07. The Morgan fingerprint density at radius 3 is 3.13 bits per heavy atom. The van der Waals surface area contributed by atoms with E-state index in [1.54, 1.807) is 12.4 Å². The number of hydrogen-bond acceptors (Lipinski definition) is 3. The summed E-state index contributed by atoms with van der Waals surface area (Å²) in [5, 5.41) is 2.82. The average Bonchev–Trinajstić information content (AvgIpc) is 2.67. The summed E-state index contributed by atoms with van der Waals surface area (Å²) in [5.41, 5.74) is 5.55. The minimum absolute atomic E-state index is 0.0545. The molecular weight excluding hydrogens is 192 g/mol. The van der Waals surface area contributed by atoms with Crippen LogP contribution in [0.4, 0.5) is 0 Å². The van der Waals surface area contributed by atoms with Crippen molar-refractivity contribution in [3.8, 4) is 0 Å². The van der Waals surface area contributed by atoms with Crippen molar-refractivity contribution in [3.63, 3.8) is 0 Å². The molecule has 0 aliphatic carbocycles. The molecule has 0 saturated heterocycles. The molecule has 1 aromatic heterocycles. The van der Waals surface area contributed by atoms with Crippen LogP contribution in [0, 0.1) is 0 Å². The highest BCUT2D eigenvalue weighted by atomic mass is 16.1. The highest BCUT2D eigenvalue weighted by Gasteiger charge is 2.03. The minimum Gasteiger partial charge on any atom is -0.356 e. The second kappa shape index (κ2) is 6.19. The topological polar surface area (TPSA) is 83.8 Å². The van der Waals surface area contributed by atoms with E-state index in [2.05, 4.69) is 15.3 Å². The molecule has 15 heavy (non-hydrogen) atoms. The zero-order valence-corrected chi connectivity index (χ0v) is 8.99. The molecule has 1 unspecified atom stereocenters. The lowest BCUT2D eigenvalue weighted by molar-refractivity contribution is -0.121. The summed E-state index contributed by atoms with van der Waals surface area (Å²) in [7, 11) is 0. The highest BCUT2D eigenvalue weighted by Crippen LogP contribution is 1.93. The summed E-state index contributed by atoms with van der Waals surface area (Å²) >= 11 is 0. The van der Waals surface area contributed by atoms with Crippen LogP contribution in [-0.4, -0.2) is 28.5 Å². The molecule has 84 valence electrons. The number of aromatic nitrogens is 2. The molecule has 4 N–H and O–H groups in total. The molecule has 1 atom stereocenters. The van der Waals surface area contributed by atoms with Crippen molar-refractivity contribution in [2.24, 2.45) is 5.73 Å². The van der Waals surface area contributed by atoms with Crippen molar-refractivity contribution < 1.29 is 4.79 Å². The van der Waals surface area contributed by atoms with Crippen LogP contribution in [0.5, 0.6) is 0 Å². The van der Waals surface area contributed by atoms with Crippen molar-refractivity contribution in [1.82, 2.24) is 15.3 Å². The van der Waals surface area contributed by atoms with Gasteiger partial charge in [0.25, 0.3) is 0 Å². The number of aromatic amines is 1. The first kappa shape index (κ1) is 11.7. The van der Waals surface area contributed by atoms with Crippen LogP contribution in [0.2, 0.25) is 0 Å². The van der Waals surface area contributed by atoms with Gasteiger partial charge < -0.3 is 16.0 Å². The maximum atomic E-state index is 11.3. The smallest absolute Gasteiger partial charge is 0.220 e. The van der Waals surface area contributed by atoms with E-state index in [-0.39, 0.29) is 11.9 Å². The SMILES string of the molecule is CC(N)CCC(=O)NCCc1ncc[nH]1. The van der Waals surface area contributed by atoms with E-state index in [9.17, 15) is 4.79 Å². The quantitative estimate of drug-likeness (QED) is 0.627. The Hall–Kier alpha value is -1.36. The van der Waals surface area contributed by atoms with Crippen LogP contribution >= 0.6 is 0 Å². The standard InChI is InChI=1S/C10H18N4O/c1-8(11)2-3-10(15)14-5-4-9-12-6-7-13-9/h6-8H,2-5,11H2,1H3,(H,12,13)(H,14,15).